The summed E-state index contributed by atoms with van der Waals surface area (Å²) in [4.78, 5) is 35.9. The minimum atomic E-state index is -4.41. The molecule has 2 aromatic carbocycles. The molecule has 228 valence electrons. The molecule has 0 aliphatic carbocycles. The molecule has 0 spiro atoms. The van der Waals surface area contributed by atoms with Crippen LogP contribution in [0, 0.1) is 5.82 Å². The zero-order valence-corrected chi connectivity index (χ0v) is 23.8. The van der Waals surface area contributed by atoms with Gasteiger partial charge in [0.1, 0.15) is 24.7 Å². The minimum Gasteiger partial charge on any atom is -0.486 e. The molecule has 14 heteroatoms. The highest BCUT2D eigenvalue weighted by Gasteiger charge is 2.32. The van der Waals surface area contributed by atoms with Crippen molar-refractivity contribution in [3.63, 3.8) is 0 Å². The van der Waals surface area contributed by atoms with E-state index in [-0.39, 0.29) is 29.3 Å². The number of fused-ring (bicyclic) bond motifs is 1. The third-order valence-electron chi connectivity index (χ3n) is 7.83. The van der Waals surface area contributed by atoms with Crippen LogP contribution in [0.1, 0.15) is 39.8 Å². The number of alkyl halides is 3. The summed E-state index contributed by atoms with van der Waals surface area (Å²) in [5.41, 5.74) is 0.363. The maximum Gasteiger partial charge on any atom is 0.416 e. The molecule has 3 aliphatic rings. The van der Waals surface area contributed by atoms with Gasteiger partial charge in [0, 0.05) is 68.4 Å². The van der Waals surface area contributed by atoms with Crippen molar-refractivity contribution in [2.24, 2.45) is 0 Å². The number of aromatic nitrogens is 1. The van der Waals surface area contributed by atoms with Crippen molar-refractivity contribution in [2.75, 3.05) is 62.7 Å². The molecule has 2 saturated heterocycles. The highest BCUT2D eigenvalue weighted by atomic mass is 32.1. The Labute approximate surface area is 249 Å². The highest BCUT2D eigenvalue weighted by Crippen LogP contribution is 2.39. The van der Waals surface area contributed by atoms with Gasteiger partial charge in [0.05, 0.1) is 16.3 Å². The van der Waals surface area contributed by atoms with Gasteiger partial charge in [-0.2, -0.15) is 13.2 Å². The number of carbonyl (C=O) groups excluding carboxylic acids is 2. The van der Waals surface area contributed by atoms with E-state index in [1.54, 1.807) is 21.2 Å². The molecule has 43 heavy (non-hydrogen) atoms. The number of nitrogens with zero attached hydrogens (tertiary/aromatic N) is 4. The maximum atomic E-state index is 14.0. The lowest BCUT2D eigenvalue weighted by Gasteiger charge is -2.36. The monoisotopic (exact) mass is 619 g/mol. The number of halogens is 4. The standard InChI is InChI=1S/C29H29F4N5O4S/c30-20-15-22(25-24(16-20)41-12-13-42-25)35-28(40)38-6-4-18(5-7-38)26-34-23(17-43-26)27(39)37-10-8-36(9-11-37)21-3-1-2-19(14-21)29(31,32)33/h1-3,14-18H,4-13H2,(H,35,40). The quantitative estimate of drug-likeness (QED) is 0.391. The number of benzene rings is 2. The van der Waals surface area contributed by atoms with Crippen molar-refractivity contribution in [2.45, 2.75) is 24.9 Å². The van der Waals surface area contributed by atoms with Crippen LogP contribution in [0.3, 0.4) is 0 Å². The first-order chi connectivity index (χ1) is 20.7. The third kappa shape index (κ3) is 6.33. The van der Waals surface area contributed by atoms with E-state index in [1.807, 2.05) is 4.90 Å². The maximum absolute atomic E-state index is 14.0. The van der Waals surface area contributed by atoms with Gasteiger partial charge in [-0.25, -0.2) is 14.2 Å². The minimum absolute atomic E-state index is 0.0898. The topological polar surface area (TPSA) is 87.2 Å². The van der Waals surface area contributed by atoms with Gasteiger partial charge < -0.3 is 29.5 Å². The summed E-state index contributed by atoms with van der Waals surface area (Å²) in [5.74, 6) is -0.0791. The lowest BCUT2D eigenvalue weighted by atomic mass is 9.98. The van der Waals surface area contributed by atoms with Crippen LogP contribution in [0.4, 0.5) is 33.7 Å². The largest absolute Gasteiger partial charge is 0.486 e. The van der Waals surface area contributed by atoms with Crippen molar-refractivity contribution < 1.29 is 36.6 Å². The summed E-state index contributed by atoms with van der Waals surface area (Å²) in [5, 5.41) is 5.31. The van der Waals surface area contributed by atoms with Crippen molar-refractivity contribution >= 4 is 34.6 Å². The second-order valence-corrected chi connectivity index (χ2v) is 11.5. The first-order valence-electron chi connectivity index (χ1n) is 14.0. The molecule has 0 bridgehead atoms. The average Bonchev–Trinajstić information content (AvgIpc) is 3.51. The number of carbonyl (C=O) groups is 2. The second-order valence-electron chi connectivity index (χ2n) is 10.6. The van der Waals surface area contributed by atoms with Gasteiger partial charge in [-0.05, 0) is 31.0 Å². The molecule has 2 fully saturated rings. The zero-order chi connectivity index (χ0) is 30.1. The summed E-state index contributed by atoms with van der Waals surface area (Å²) >= 11 is 1.41. The molecule has 4 heterocycles. The van der Waals surface area contributed by atoms with Gasteiger partial charge in [0.15, 0.2) is 11.5 Å². The normalized spacial score (nSPS) is 17.6. The predicted molar refractivity (Wildman–Crippen MR) is 152 cm³/mol. The number of hydrogen-bond acceptors (Lipinski definition) is 7. The number of rotatable bonds is 4. The number of piperidine rings is 1. The summed E-state index contributed by atoms with van der Waals surface area (Å²) in [6.07, 6.45) is -3.09. The smallest absolute Gasteiger partial charge is 0.416 e. The van der Waals surface area contributed by atoms with Gasteiger partial charge in [0.2, 0.25) is 0 Å². The van der Waals surface area contributed by atoms with Crippen molar-refractivity contribution in [1.82, 2.24) is 14.8 Å². The van der Waals surface area contributed by atoms with Gasteiger partial charge in [-0.15, -0.1) is 11.3 Å². The van der Waals surface area contributed by atoms with Crippen LogP contribution in [0.5, 0.6) is 11.5 Å². The van der Waals surface area contributed by atoms with E-state index in [9.17, 15) is 27.2 Å². The number of thiazole rings is 1. The zero-order valence-electron chi connectivity index (χ0n) is 23.0. The number of piperazine rings is 1. The lowest BCUT2D eigenvalue weighted by molar-refractivity contribution is -0.137. The highest BCUT2D eigenvalue weighted by molar-refractivity contribution is 7.09. The van der Waals surface area contributed by atoms with Gasteiger partial charge >= 0.3 is 12.2 Å². The van der Waals surface area contributed by atoms with E-state index in [0.29, 0.717) is 82.5 Å². The molecule has 3 aliphatic heterocycles. The Balaban J connectivity index is 1.01. The number of hydrogen-bond donors (Lipinski definition) is 1. The van der Waals surface area contributed by atoms with Crippen molar-refractivity contribution in [1.29, 1.82) is 0 Å². The number of ether oxygens (including phenoxy) is 2. The third-order valence-corrected chi connectivity index (χ3v) is 8.83. The Hall–Kier alpha value is -4.07. The number of anilines is 2. The van der Waals surface area contributed by atoms with Crippen molar-refractivity contribution in [3.05, 3.63) is 63.9 Å². The summed E-state index contributed by atoms with van der Waals surface area (Å²) in [6.45, 7) is 3.13. The fraction of sp³-hybridized carbons (Fsp3) is 0.414. The summed E-state index contributed by atoms with van der Waals surface area (Å²) < 4.78 is 64.4. The van der Waals surface area contributed by atoms with Gasteiger partial charge in [-0.1, -0.05) is 6.07 Å². The summed E-state index contributed by atoms with van der Waals surface area (Å²) in [6, 6.07) is 7.29. The van der Waals surface area contributed by atoms with E-state index in [1.165, 1.54) is 29.5 Å². The second kappa shape index (κ2) is 11.9. The van der Waals surface area contributed by atoms with Crippen LogP contribution in [0.2, 0.25) is 0 Å². The molecule has 0 saturated carbocycles. The van der Waals surface area contributed by atoms with E-state index in [0.717, 1.165) is 17.1 Å². The van der Waals surface area contributed by atoms with Crippen LogP contribution in [0.15, 0.2) is 41.8 Å². The Kier molecular flexibility index (Phi) is 8.03. The fourth-order valence-electron chi connectivity index (χ4n) is 5.52. The van der Waals surface area contributed by atoms with Crippen LogP contribution >= 0.6 is 11.3 Å². The first kappa shape index (κ1) is 29.0. The average molecular weight is 620 g/mol. The molecule has 0 atom stereocenters. The molecule has 9 nitrogen and oxygen atoms in total. The molecule has 1 aromatic heterocycles. The molecule has 0 unspecified atom stereocenters. The number of nitrogens with one attached hydrogen (secondary N) is 1. The molecule has 1 N–H and O–H groups in total. The van der Waals surface area contributed by atoms with E-state index in [4.69, 9.17) is 9.47 Å². The van der Waals surface area contributed by atoms with Crippen LogP contribution in [0.25, 0.3) is 0 Å². The first-order valence-corrected chi connectivity index (χ1v) is 14.9. The number of likely N-dealkylation sites (tertiary alicyclic amines) is 1. The number of amides is 3. The Morgan fingerprint density at radius 1 is 0.953 bits per heavy atom. The van der Waals surface area contributed by atoms with E-state index >= 15 is 0 Å². The molecular formula is C29H29F4N5O4S. The van der Waals surface area contributed by atoms with Crippen LogP contribution in [-0.4, -0.2) is 79.2 Å². The number of urea groups is 1. The molecule has 3 amide bonds. The molecular weight excluding hydrogens is 590 g/mol. The van der Waals surface area contributed by atoms with Crippen molar-refractivity contribution in [3.8, 4) is 11.5 Å². The predicted octanol–water partition coefficient (Wildman–Crippen LogP) is 5.45. The van der Waals surface area contributed by atoms with Gasteiger partial charge in [0.25, 0.3) is 5.91 Å². The lowest BCUT2D eigenvalue weighted by Crippen LogP contribution is -2.49. The van der Waals surface area contributed by atoms with Gasteiger partial charge in [-0.3, -0.25) is 4.79 Å². The van der Waals surface area contributed by atoms with E-state index in [2.05, 4.69) is 10.3 Å². The van der Waals surface area contributed by atoms with Crippen LogP contribution in [-0.2, 0) is 6.18 Å². The Morgan fingerprint density at radius 2 is 1.70 bits per heavy atom. The Morgan fingerprint density at radius 3 is 2.44 bits per heavy atom. The Bertz CT molecular complexity index is 1500. The SMILES string of the molecule is O=C(Nc1cc(F)cc2c1OCCO2)N1CCC(c2nc(C(=O)N3CCN(c4cccc(C(F)(F)F)c4)CC3)cs2)CC1. The molecule has 3 aromatic rings. The molecule has 0 radical (unpaired) electrons. The fourth-order valence-corrected chi connectivity index (χ4v) is 6.48. The van der Waals surface area contributed by atoms with E-state index < -0.39 is 17.6 Å². The summed E-state index contributed by atoms with van der Waals surface area (Å²) in [7, 11) is 0. The van der Waals surface area contributed by atoms with Crippen LogP contribution < -0.4 is 19.7 Å². The molecule has 6 rings (SSSR count).